The van der Waals surface area contributed by atoms with E-state index in [0.29, 0.717) is 10.9 Å². The Hall–Kier alpha value is -3.63. The van der Waals surface area contributed by atoms with E-state index in [2.05, 4.69) is 31.8 Å². The van der Waals surface area contributed by atoms with Gasteiger partial charge in [0.15, 0.2) is 0 Å². The minimum atomic E-state index is -4.63. The van der Waals surface area contributed by atoms with Crippen molar-refractivity contribution >= 4 is 56.9 Å². The fraction of sp³-hybridized carbons (Fsp3) is 0.179. The van der Waals surface area contributed by atoms with E-state index in [1.54, 1.807) is 36.4 Å². The van der Waals surface area contributed by atoms with E-state index in [-0.39, 0.29) is 16.8 Å². The third kappa shape index (κ3) is 7.27. The number of allylic oxidation sites excluding steroid dienone is 1. The van der Waals surface area contributed by atoms with Crippen LogP contribution in [0.3, 0.4) is 0 Å². The number of alkyl halides is 4. The van der Waals surface area contributed by atoms with Crippen LogP contribution in [0.2, 0.25) is 5.02 Å². The second kappa shape index (κ2) is 12.5. The number of nitrogens with one attached hydrogen (secondary N) is 2. The van der Waals surface area contributed by atoms with E-state index in [4.69, 9.17) is 11.6 Å². The van der Waals surface area contributed by atoms with Crippen LogP contribution in [0.5, 0.6) is 0 Å². The predicted octanol–water partition coefficient (Wildman–Crippen LogP) is 7.38. The van der Waals surface area contributed by atoms with Crippen LogP contribution in [0.25, 0.3) is 0 Å². The first-order valence-electron chi connectivity index (χ1n) is 11.9. The minimum absolute atomic E-state index is 0.0967. The number of hydrazone groups is 1. The first-order valence-corrected chi connectivity index (χ1v) is 13.4. The van der Waals surface area contributed by atoms with E-state index in [0.717, 1.165) is 49.0 Å². The van der Waals surface area contributed by atoms with E-state index >= 15 is 0 Å². The average molecular weight is 620 g/mol. The number of anilines is 2. The zero-order valence-corrected chi connectivity index (χ0v) is 22.8. The lowest BCUT2D eigenvalue weighted by atomic mass is 10.1. The number of hydrogen-bond acceptors (Lipinski definition) is 4. The van der Waals surface area contributed by atoms with Crippen LogP contribution in [-0.2, 0) is 11.5 Å². The average Bonchev–Trinajstić information content (AvgIpc) is 2.94. The van der Waals surface area contributed by atoms with Gasteiger partial charge < -0.3 is 10.2 Å². The molecular weight excluding hydrogens is 597 g/mol. The van der Waals surface area contributed by atoms with Crippen LogP contribution in [0.4, 0.5) is 24.5 Å². The summed E-state index contributed by atoms with van der Waals surface area (Å²) in [4.78, 5) is 28.1. The Kier molecular flexibility index (Phi) is 9.08. The number of hydrogen-bond donors (Lipinski definition) is 2. The summed E-state index contributed by atoms with van der Waals surface area (Å²) in [6.45, 7) is 0.763. The van der Waals surface area contributed by atoms with Crippen LogP contribution in [0.15, 0.2) is 78.0 Å². The van der Waals surface area contributed by atoms with Gasteiger partial charge in [-0.3, -0.25) is 9.59 Å². The smallest absolute Gasteiger partial charge is 0.348 e. The maximum absolute atomic E-state index is 13.2. The molecule has 202 valence electrons. The molecule has 0 bridgehead atoms. The highest BCUT2D eigenvalue weighted by Crippen LogP contribution is 2.35. The lowest BCUT2D eigenvalue weighted by Gasteiger charge is -2.24. The summed E-state index contributed by atoms with van der Waals surface area (Å²) in [6.07, 6.45) is 2.33. The van der Waals surface area contributed by atoms with Crippen molar-refractivity contribution in [3.63, 3.8) is 0 Å². The quantitative estimate of drug-likeness (QED) is 0.165. The van der Waals surface area contributed by atoms with Crippen LogP contribution in [-0.4, -0.2) is 24.6 Å². The molecular formula is C28H23BrClF3N4O2. The fourth-order valence-corrected chi connectivity index (χ4v) is 4.51. The number of carbonyl (C=O) groups is 2. The summed E-state index contributed by atoms with van der Waals surface area (Å²) >= 11 is 9.04. The Morgan fingerprint density at radius 3 is 2.62 bits per heavy atom. The molecule has 4 rings (SSSR count). The number of nitrogens with zero attached hydrogens (tertiary/aromatic N) is 2. The molecule has 11 heteroatoms. The molecule has 0 atom stereocenters. The third-order valence-corrected chi connectivity index (χ3v) is 6.88. The summed E-state index contributed by atoms with van der Waals surface area (Å²) in [5, 5.41) is 6.76. The number of halogens is 5. The largest absolute Gasteiger partial charge is 0.417 e. The maximum atomic E-state index is 13.2. The van der Waals surface area contributed by atoms with E-state index in [9.17, 15) is 22.8 Å². The van der Waals surface area contributed by atoms with Crippen LogP contribution in [0.1, 0.15) is 50.2 Å². The normalized spacial score (nSPS) is 13.5. The summed E-state index contributed by atoms with van der Waals surface area (Å²) in [6, 6.07) is 15.4. The zero-order valence-electron chi connectivity index (χ0n) is 20.4. The van der Waals surface area contributed by atoms with Crippen LogP contribution >= 0.6 is 27.5 Å². The summed E-state index contributed by atoms with van der Waals surface area (Å²) in [5.74, 6) is -1.05. The zero-order chi connectivity index (χ0) is 28.0. The van der Waals surface area contributed by atoms with E-state index in [1.807, 2.05) is 23.2 Å². The molecule has 3 aromatic rings. The molecule has 39 heavy (non-hydrogen) atoms. The van der Waals surface area contributed by atoms with Gasteiger partial charge in [-0.25, -0.2) is 5.43 Å². The van der Waals surface area contributed by atoms with Crippen molar-refractivity contribution in [3.8, 4) is 0 Å². The van der Waals surface area contributed by atoms with Gasteiger partial charge in [-0.2, -0.15) is 18.3 Å². The molecule has 0 aromatic heterocycles. The Bertz CT molecular complexity index is 1440. The Morgan fingerprint density at radius 1 is 1.08 bits per heavy atom. The van der Waals surface area contributed by atoms with E-state index < -0.39 is 28.6 Å². The molecule has 0 saturated heterocycles. The third-order valence-electron chi connectivity index (χ3n) is 5.90. The highest BCUT2D eigenvalue weighted by molar-refractivity contribution is 9.08. The molecule has 1 heterocycles. The number of carbonyl (C=O) groups excluding carboxylic acids is 2. The highest BCUT2D eigenvalue weighted by atomic mass is 79.9. The minimum Gasteiger partial charge on any atom is -0.348 e. The topological polar surface area (TPSA) is 73.8 Å². The lowest BCUT2D eigenvalue weighted by Crippen LogP contribution is -2.24. The van der Waals surface area contributed by atoms with Gasteiger partial charge in [-0.05, 0) is 66.4 Å². The molecule has 0 spiro atoms. The van der Waals surface area contributed by atoms with E-state index in [1.165, 1.54) is 6.07 Å². The van der Waals surface area contributed by atoms with Crippen molar-refractivity contribution in [2.24, 2.45) is 5.10 Å². The van der Waals surface area contributed by atoms with Gasteiger partial charge in [0.25, 0.3) is 11.8 Å². The van der Waals surface area contributed by atoms with Gasteiger partial charge in [-0.1, -0.05) is 51.8 Å². The van der Waals surface area contributed by atoms with Gasteiger partial charge in [0.2, 0.25) is 0 Å². The van der Waals surface area contributed by atoms with Gasteiger partial charge in [0.1, 0.15) is 0 Å². The van der Waals surface area contributed by atoms with Crippen molar-refractivity contribution < 1.29 is 22.8 Å². The molecule has 2 N–H and O–H groups in total. The number of amides is 2. The first-order chi connectivity index (χ1) is 18.7. The van der Waals surface area contributed by atoms with Gasteiger partial charge >= 0.3 is 6.18 Å². The molecule has 1 aliphatic rings. The first kappa shape index (κ1) is 28.4. The van der Waals surface area contributed by atoms with Crippen LogP contribution in [0, 0.1) is 0 Å². The Labute approximate surface area is 236 Å². The van der Waals surface area contributed by atoms with Gasteiger partial charge in [-0.15, -0.1) is 0 Å². The number of rotatable bonds is 7. The molecule has 0 unspecified atom stereocenters. The molecule has 2 amide bonds. The van der Waals surface area contributed by atoms with Crippen molar-refractivity contribution in [2.75, 3.05) is 16.8 Å². The molecule has 3 aromatic carbocycles. The molecule has 0 aliphatic carbocycles. The van der Waals surface area contributed by atoms with Gasteiger partial charge in [0, 0.05) is 29.3 Å². The standard InChI is InChI=1S/C28H23BrClF3N4O2/c29-16-18-5-4-6-20(13-18)26(38)35-25-10-8-21(37-11-2-1-3-12-37)15-22(25)27(39)36-34-17-19-7-9-24(30)23(14-19)28(31,32)33/h2,4-11,13-15,17H,1,3,12,16H2,(H,35,38)(H,36,39)/b34-17+. The van der Waals surface area contributed by atoms with Gasteiger partial charge in [0.05, 0.1) is 28.1 Å². The maximum Gasteiger partial charge on any atom is 0.417 e. The molecule has 0 radical (unpaired) electrons. The summed E-state index contributed by atoms with van der Waals surface area (Å²) in [7, 11) is 0. The molecule has 0 fully saturated rings. The number of benzene rings is 3. The predicted molar refractivity (Wildman–Crippen MR) is 151 cm³/mol. The van der Waals surface area contributed by atoms with Crippen molar-refractivity contribution in [3.05, 3.63) is 106 Å². The molecule has 1 aliphatic heterocycles. The monoisotopic (exact) mass is 618 g/mol. The molecule has 0 saturated carbocycles. The SMILES string of the molecule is O=C(Nc1ccc(N2C=CCCC2)cc1C(=O)N/N=C/c1ccc(Cl)c(C(F)(F)F)c1)c1cccc(CBr)c1. The van der Waals surface area contributed by atoms with Crippen molar-refractivity contribution in [1.82, 2.24) is 5.43 Å². The van der Waals surface area contributed by atoms with Crippen molar-refractivity contribution in [2.45, 2.75) is 24.3 Å². The lowest BCUT2D eigenvalue weighted by molar-refractivity contribution is -0.137. The second-order valence-electron chi connectivity index (χ2n) is 8.67. The fourth-order valence-electron chi connectivity index (χ4n) is 3.93. The second-order valence-corrected chi connectivity index (χ2v) is 9.64. The highest BCUT2D eigenvalue weighted by Gasteiger charge is 2.33. The summed E-state index contributed by atoms with van der Waals surface area (Å²) in [5.41, 5.74) is 3.91. The Morgan fingerprint density at radius 2 is 1.90 bits per heavy atom. The summed E-state index contributed by atoms with van der Waals surface area (Å²) < 4.78 is 39.5. The van der Waals surface area contributed by atoms with Crippen LogP contribution < -0.4 is 15.6 Å². The Balaban J connectivity index is 1.59. The van der Waals surface area contributed by atoms with Crippen molar-refractivity contribution in [1.29, 1.82) is 0 Å². The molecule has 6 nitrogen and oxygen atoms in total.